The molecule has 7 heteroatoms. The lowest BCUT2D eigenvalue weighted by Gasteiger charge is -2.35. The highest BCUT2D eigenvalue weighted by Crippen LogP contribution is 2.22. The number of hydrogen-bond donors (Lipinski definition) is 1. The van der Waals surface area contributed by atoms with E-state index in [-0.39, 0.29) is 0 Å². The van der Waals surface area contributed by atoms with Crippen LogP contribution in [0.15, 0.2) is 28.9 Å². The van der Waals surface area contributed by atoms with Crippen LogP contribution in [0.25, 0.3) is 11.1 Å². The van der Waals surface area contributed by atoms with Crippen LogP contribution in [0.5, 0.6) is 0 Å². The van der Waals surface area contributed by atoms with Crippen LogP contribution < -0.4 is 10.2 Å². The topological polar surface area (TPSA) is 70.3 Å². The maximum absolute atomic E-state index is 5.93. The van der Waals surface area contributed by atoms with Crippen LogP contribution in [-0.2, 0) is 6.54 Å². The summed E-state index contributed by atoms with van der Waals surface area (Å²) in [6.45, 7) is 8.67. The molecule has 0 amide bonds. The van der Waals surface area contributed by atoms with Crippen LogP contribution in [-0.4, -0.2) is 53.1 Å². The first-order chi connectivity index (χ1) is 12.6. The molecule has 26 heavy (non-hydrogen) atoms. The molecule has 0 bridgehead atoms. The zero-order valence-electron chi connectivity index (χ0n) is 15.5. The Morgan fingerprint density at radius 1 is 1.12 bits per heavy atom. The van der Waals surface area contributed by atoms with Crippen LogP contribution in [0.4, 0.5) is 11.5 Å². The molecule has 1 aromatic carbocycles. The molecule has 7 nitrogen and oxygen atoms in total. The number of anilines is 2. The monoisotopic (exact) mass is 352 g/mol. The highest BCUT2D eigenvalue weighted by Gasteiger charge is 2.21. The maximum atomic E-state index is 5.93. The second kappa shape index (κ2) is 6.92. The lowest BCUT2D eigenvalue weighted by Crippen LogP contribution is -2.46. The molecule has 136 valence electrons. The van der Waals surface area contributed by atoms with Crippen LogP contribution in [0.3, 0.4) is 0 Å². The molecule has 1 aliphatic rings. The Balaban J connectivity index is 1.41. The quantitative estimate of drug-likeness (QED) is 0.774. The molecule has 0 aliphatic carbocycles. The predicted molar refractivity (Wildman–Crippen MR) is 103 cm³/mol. The number of nitrogens with zero attached hydrogens (tertiary/aromatic N) is 5. The zero-order valence-corrected chi connectivity index (χ0v) is 15.5. The lowest BCUT2D eigenvalue weighted by molar-refractivity contribution is 0.228. The average molecular weight is 352 g/mol. The van der Waals surface area contributed by atoms with E-state index in [1.54, 1.807) is 6.33 Å². The summed E-state index contributed by atoms with van der Waals surface area (Å²) in [4.78, 5) is 18.1. The van der Waals surface area contributed by atoms with Crippen molar-refractivity contribution in [1.82, 2.24) is 19.9 Å². The molecule has 0 atom stereocenters. The molecular weight excluding hydrogens is 328 g/mol. The van der Waals surface area contributed by atoms with Gasteiger partial charge in [-0.05, 0) is 26.0 Å². The van der Waals surface area contributed by atoms with Crippen molar-refractivity contribution in [2.45, 2.75) is 20.4 Å². The zero-order chi connectivity index (χ0) is 18.1. The third-order valence-electron chi connectivity index (χ3n) is 5.06. The van der Waals surface area contributed by atoms with E-state index in [0.717, 1.165) is 66.9 Å². The number of hydrogen-bond acceptors (Lipinski definition) is 7. The summed E-state index contributed by atoms with van der Waals surface area (Å²) in [7, 11) is 1.90. The molecule has 3 aromatic rings. The fourth-order valence-electron chi connectivity index (χ4n) is 3.35. The Kier molecular flexibility index (Phi) is 4.46. The number of aryl methyl sites for hydroxylation is 1. The molecule has 1 saturated heterocycles. The standard InChI is InChI=1S/C19H24N6O/c1-13-14(2)21-12-22-19(13)25-8-6-24(7-9-25)11-18-23-16-5-4-15(20-3)10-17(16)26-18/h4-5,10,12,20H,6-9,11H2,1-3H3. The molecule has 4 rings (SSSR count). The smallest absolute Gasteiger partial charge is 0.209 e. The number of rotatable bonds is 4. The van der Waals surface area contributed by atoms with Gasteiger partial charge in [-0.3, -0.25) is 4.90 Å². The maximum Gasteiger partial charge on any atom is 0.209 e. The van der Waals surface area contributed by atoms with Crippen molar-refractivity contribution in [2.75, 3.05) is 43.4 Å². The third-order valence-corrected chi connectivity index (χ3v) is 5.06. The van der Waals surface area contributed by atoms with E-state index >= 15 is 0 Å². The molecule has 1 fully saturated rings. The second-order valence-electron chi connectivity index (χ2n) is 6.71. The highest BCUT2D eigenvalue weighted by atomic mass is 16.3. The Labute approximate surface area is 153 Å². The largest absolute Gasteiger partial charge is 0.439 e. The van der Waals surface area contributed by atoms with Crippen molar-refractivity contribution in [3.63, 3.8) is 0 Å². The summed E-state index contributed by atoms with van der Waals surface area (Å²) in [5, 5.41) is 3.12. The van der Waals surface area contributed by atoms with Crippen molar-refractivity contribution in [3.05, 3.63) is 41.7 Å². The van der Waals surface area contributed by atoms with Crippen molar-refractivity contribution in [3.8, 4) is 0 Å². The SMILES string of the molecule is CNc1ccc2nc(CN3CCN(c4ncnc(C)c4C)CC3)oc2c1. The van der Waals surface area contributed by atoms with Gasteiger partial charge < -0.3 is 14.6 Å². The van der Waals surface area contributed by atoms with E-state index in [4.69, 9.17) is 4.42 Å². The summed E-state index contributed by atoms with van der Waals surface area (Å²) in [5.41, 5.74) is 4.98. The summed E-state index contributed by atoms with van der Waals surface area (Å²) < 4.78 is 5.93. The van der Waals surface area contributed by atoms with Crippen molar-refractivity contribution < 1.29 is 4.42 Å². The van der Waals surface area contributed by atoms with Gasteiger partial charge in [0.25, 0.3) is 0 Å². The van der Waals surface area contributed by atoms with Gasteiger partial charge in [-0.1, -0.05) is 0 Å². The molecule has 3 heterocycles. The second-order valence-corrected chi connectivity index (χ2v) is 6.71. The van der Waals surface area contributed by atoms with Gasteiger partial charge in [-0.25, -0.2) is 15.0 Å². The van der Waals surface area contributed by atoms with E-state index in [2.05, 4.69) is 37.0 Å². The number of aromatic nitrogens is 3. The lowest BCUT2D eigenvalue weighted by atomic mass is 10.2. The minimum atomic E-state index is 0.735. The Morgan fingerprint density at radius 2 is 1.92 bits per heavy atom. The molecule has 0 unspecified atom stereocenters. The highest BCUT2D eigenvalue weighted by molar-refractivity contribution is 5.77. The minimum absolute atomic E-state index is 0.735. The van der Waals surface area contributed by atoms with Gasteiger partial charge in [0.2, 0.25) is 5.89 Å². The summed E-state index contributed by atoms with van der Waals surface area (Å²) in [5.74, 6) is 1.83. The third kappa shape index (κ3) is 3.22. The Hall–Kier alpha value is -2.67. The van der Waals surface area contributed by atoms with Crippen molar-refractivity contribution in [1.29, 1.82) is 0 Å². The normalized spacial score (nSPS) is 15.6. The first kappa shape index (κ1) is 16.8. The molecular formula is C19H24N6O. The molecule has 0 radical (unpaired) electrons. The first-order valence-corrected chi connectivity index (χ1v) is 8.97. The number of fused-ring (bicyclic) bond motifs is 1. The number of benzene rings is 1. The first-order valence-electron chi connectivity index (χ1n) is 8.97. The number of piperazine rings is 1. The van der Waals surface area contributed by atoms with Gasteiger partial charge in [-0.2, -0.15) is 0 Å². The van der Waals surface area contributed by atoms with Gasteiger partial charge in [0, 0.05) is 56.2 Å². The number of oxazole rings is 1. The molecule has 0 spiro atoms. The van der Waals surface area contributed by atoms with Crippen LogP contribution in [0, 0.1) is 13.8 Å². The summed E-state index contributed by atoms with van der Waals surface area (Å²) in [6, 6.07) is 6.00. The van der Waals surface area contributed by atoms with E-state index in [0.29, 0.717) is 0 Å². The van der Waals surface area contributed by atoms with Crippen molar-refractivity contribution in [2.24, 2.45) is 0 Å². The van der Waals surface area contributed by atoms with Gasteiger partial charge in [0.15, 0.2) is 5.58 Å². The molecule has 2 aromatic heterocycles. The van der Waals surface area contributed by atoms with Crippen LogP contribution >= 0.6 is 0 Å². The van der Waals surface area contributed by atoms with Gasteiger partial charge in [-0.15, -0.1) is 0 Å². The van der Waals surface area contributed by atoms with Crippen molar-refractivity contribution >= 4 is 22.6 Å². The van der Waals surface area contributed by atoms with E-state index in [1.807, 2.05) is 32.2 Å². The van der Waals surface area contributed by atoms with Gasteiger partial charge in [0.05, 0.1) is 6.54 Å². The molecule has 0 saturated carbocycles. The van der Waals surface area contributed by atoms with E-state index in [9.17, 15) is 0 Å². The van der Waals surface area contributed by atoms with E-state index in [1.165, 1.54) is 5.56 Å². The Morgan fingerprint density at radius 3 is 2.69 bits per heavy atom. The van der Waals surface area contributed by atoms with Crippen LogP contribution in [0.2, 0.25) is 0 Å². The average Bonchev–Trinajstić information content (AvgIpc) is 3.06. The number of nitrogens with one attached hydrogen (secondary N) is 1. The minimum Gasteiger partial charge on any atom is -0.439 e. The Bertz CT molecular complexity index is 914. The van der Waals surface area contributed by atoms with Crippen LogP contribution in [0.1, 0.15) is 17.1 Å². The fraction of sp³-hybridized carbons (Fsp3) is 0.421. The van der Waals surface area contributed by atoms with E-state index < -0.39 is 0 Å². The van der Waals surface area contributed by atoms with Gasteiger partial charge >= 0.3 is 0 Å². The summed E-state index contributed by atoms with van der Waals surface area (Å²) in [6.07, 6.45) is 1.65. The molecule has 1 aliphatic heterocycles. The van der Waals surface area contributed by atoms with Gasteiger partial charge in [0.1, 0.15) is 17.7 Å². The molecule has 1 N–H and O–H groups in total. The fourth-order valence-corrected chi connectivity index (χ4v) is 3.35. The predicted octanol–water partition coefficient (Wildman–Crippen LogP) is 2.60. The summed E-state index contributed by atoms with van der Waals surface area (Å²) >= 11 is 0.